The molecule has 1 atom stereocenters. The Labute approximate surface area is 61.0 Å². The Hall–Kier alpha value is 0.515. The molecule has 0 aromatic heterocycles. The summed E-state index contributed by atoms with van der Waals surface area (Å²) in [6.07, 6.45) is 0. The fourth-order valence-corrected chi connectivity index (χ4v) is 1.88. The summed E-state index contributed by atoms with van der Waals surface area (Å²) in [5, 5.41) is 0. The zero-order valence-electron chi connectivity index (χ0n) is 4.05. The Morgan fingerprint density at radius 1 is 1.44 bits per heavy atom. The molecule has 0 aliphatic rings. The van der Waals surface area contributed by atoms with Crippen LogP contribution in [0.25, 0.3) is 0 Å². The van der Waals surface area contributed by atoms with Crippen molar-refractivity contribution in [2.24, 2.45) is 0 Å². The van der Waals surface area contributed by atoms with E-state index in [1.54, 1.807) is 0 Å². The normalized spacial score (nSPS) is 11.4. The van der Waals surface area contributed by atoms with Gasteiger partial charge in [0.15, 0.2) is 0 Å². The van der Waals surface area contributed by atoms with Gasteiger partial charge in [0.1, 0.15) is 0 Å². The minimum atomic E-state index is -4.31. The molecular weight excluding hydrogens is 230 g/mol. The van der Waals surface area contributed by atoms with Crippen molar-refractivity contribution in [1.29, 1.82) is 0 Å². The Kier molecular flexibility index (Phi) is 3.83. The van der Waals surface area contributed by atoms with E-state index in [9.17, 15) is 9.13 Å². The van der Waals surface area contributed by atoms with E-state index in [2.05, 4.69) is 7.63 Å². The molecule has 6 nitrogen and oxygen atoms in total. The van der Waals surface area contributed by atoms with Crippen molar-refractivity contribution in [3.05, 3.63) is 0 Å². The van der Waals surface area contributed by atoms with Gasteiger partial charge in [-0.15, -0.1) is 0 Å². The molecule has 0 aromatic carbocycles. The second-order valence-electron chi connectivity index (χ2n) is 0.981. The van der Waals surface area contributed by atoms with Crippen LogP contribution in [-0.4, -0.2) is 35.8 Å². The van der Waals surface area contributed by atoms with Gasteiger partial charge in [0.05, 0.1) is 0 Å². The van der Waals surface area contributed by atoms with Crippen molar-refractivity contribution in [2.75, 3.05) is 0 Å². The molecule has 0 aliphatic carbocycles. The van der Waals surface area contributed by atoms with Gasteiger partial charge in [-0.2, -0.15) is 0 Å². The average Bonchev–Trinajstić information content (AvgIpc) is 1.63. The van der Waals surface area contributed by atoms with Crippen LogP contribution in [0, 0.1) is 0 Å². The van der Waals surface area contributed by atoms with E-state index in [1.807, 2.05) is 0 Å². The molecule has 0 aliphatic heterocycles. The van der Waals surface area contributed by atoms with Crippen LogP contribution in [0.15, 0.2) is 0 Å². The number of hydrogen-bond donors (Lipinski definition) is 2. The summed E-state index contributed by atoms with van der Waals surface area (Å²) in [6.45, 7) is 0. The Bertz CT molecular complexity index is 141. The molecule has 0 aromatic rings. The van der Waals surface area contributed by atoms with Crippen LogP contribution < -0.4 is 0 Å². The van der Waals surface area contributed by atoms with Crippen LogP contribution in [-0.2, 0) is 16.8 Å². The summed E-state index contributed by atoms with van der Waals surface area (Å²) < 4.78 is 26.8. The zero-order valence-corrected chi connectivity index (χ0v) is 8.37. The van der Waals surface area contributed by atoms with Crippen LogP contribution in [0.3, 0.4) is 0 Å². The second-order valence-corrected chi connectivity index (χ2v) is 4.97. The standard InChI is InChI=1S/AsH4O6PSi/c1-6-9(4,5)7-8(2)3/h4-5H,1H2. The fraction of sp³-hybridized carbons (Fsp3) is 0. The maximum atomic E-state index is 9.63. The molecule has 0 radical (unpaired) electrons. The molecule has 0 bridgehead atoms. The van der Waals surface area contributed by atoms with Gasteiger partial charge in [-0.25, -0.2) is 0 Å². The van der Waals surface area contributed by atoms with Gasteiger partial charge >= 0.3 is 60.5 Å². The average molecular weight is 234 g/mol. The Morgan fingerprint density at radius 2 is 1.89 bits per heavy atom. The van der Waals surface area contributed by atoms with Crippen LogP contribution in [0.5, 0.6) is 0 Å². The van der Waals surface area contributed by atoms with Gasteiger partial charge < -0.3 is 0 Å². The molecule has 0 saturated heterocycles. The van der Waals surface area contributed by atoms with Gasteiger partial charge in [0.2, 0.25) is 0 Å². The van der Waals surface area contributed by atoms with E-state index in [-0.39, 0.29) is 0 Å². The van der Waals surface area contributed by atoms with Crippen molar-refractivity contribution in [3.63, 3.8) is 0 Å². The van der Waals surface area contributed by atoms with Gasteiger partial charge in [-0.1, -0.05) is 0 Å². The first-order valence-corrected chi connectivity index (χ1v) is 5.43. The molecule has 0 heterocycles. The van der Waals surface area contributed by atoms with E-state index in [4.69, 9.17) is 9.59 Å². The monoisotopic (exact) mass is 234 g/mol. The van der Waals surface area contributed by atoms with Crippen LogP contribution in [0.2, 0.25) is 0 Å². The van der Waals surface area contributed by atoms with Crippen molar-refractivity contribution < 1.29 is 26.3 Å². The first-order chi connectivity index (χ1) is 3.98. The van der Waals surface area contributed by atoms with Crippen LogP contribution in [0.1, 0.15) is 0 Å². The maximum absolute atomic E-state index is 9.63. The van der Waals surface area contributed by atoms with E-state index in [0.717, 1.165) is 0 Å². The van der Waals surface area contributed by atoms with Gasteiger partial charge in [-0.05, 0) is 0 Å². The fourth-order valence-electron chi connectivity index (χ4n) is 0.119. The third-order valence-corrected chi connectivity index (χ3v) is 4.13. The molecule has 0 spiro atoms. The van der Waals surface area contributed by atoms with Crippen molar-refractivity contribution >= 4 is 34.1 Å². The molecule has 54 valence electrons. The van der Waals surface area contributed by atoms with Gasteiger partial charge in [0, 0.05) is 0 Å². The summed E-state index contributed by atoms with van der Waals surface area (Å²) in [5.41, 5.74) is 0. The third-order valence-electron chi connectivity index (χ3n) is 0.347. The molecule has 0 saturated carbocycles. The van der Waals surface area contributed by atoms with Crippen molar-refractivity contribution in [1.82, 2.24) is 0 Å². The van der Waals surface area contributed by atoms with Crippen molar-refractivity contribution in [3.8, 4) is 0 Å². The quantitative estimate of drug-likeness (QED) is 0.436. The summed E-state index contributed by atoms with van der Waals surface area (Å²) in [6, 6.07) is 0. The number of rotatable bonds is 3. The first kappa shape index (κ1) is 9.52. The van der Waals surface area contributed by atoms with Crippen LogP contribution >= 0.6 is 7.91 Å². The SMILES string of the molecule is O=P(=O)O[Si](O)(O)O[AsH2]. The van der Waals surface area contributed by atoms with E-state index < -0.39 is 17.0 Å². The summed E-state index contributed by atoms with van der Waals surface area (Å²) in [4.78, 5) is 16.8. The predicted octanol–water partition coefficient (Wildman–Crippen LogP) is -1.92. The molecule has 1 unspecified atom stereocenters. The van der Waals surface area contributed by atoms with Gasteiger partial charge in [0.25, 0.3) is 0 Å². The summed E-state index contributed by atoms with van der Waals surface area (Å²) in [5.74, 6) is 0. The van der Waals surface area contributed by atoms with E-state index >= 15 is 0 Å². The molecule has 0 amide bonds. The predicted molar refractivity (Wildman–Crippen MR) is 29.2 cm³/mol. The van der Waals surface area contributed by atoms with E-state index in [0.29, 0.717) is 17.2 Å². The molecule has 0 rings (SSSR count). The Morgan fingerprint density at radius 3 is 2.00 bits per heavy atom. The minimum absolute atomic E-state index is 0.525. The third kappa shape index (κ3) is 4.99. The first-order valence-electron chi connectivity index (χ1n) is 1.64. The van der Waals surface area contributed by atoms with Crippen molar-refractivity contribution in [2.45, 2.75) is 0 Å². The van der Waals surface area contributed by atoms with Gasteiger partial charge in [-0.3, -0.25) is 0 Å². The van der Waals surface area contributed by atoms with Crippen LogP contribution in [0.4, 0.5) is 0 Å². The summed E-state index contributed by atoms with van der Waals surface area (Å²) >= 11 is 0.525. The molecular formula is H4AsO6PSi. The molecule has 2 N–H and O–H groups in total. The van der Waals surface area contributed by atoms with E-state index in [1.165, 1.54) is 0 Å². The number of hydrogen-bond acceptors (Lipinski definition) is 6. The summed E-state index contributed by atoms with van der Waals surface area (Å²) in [7, 11) is -7.56. The topological polar surface area (TPSA) is 93.1 Å². The molecule has 9 heavy (non-hydrogen) atoms. The molecule has 0 fully saturated rings. The second kappa shape index (κ2) is 3.63. The molecule has 9 heteroatoms. The zero-order chi connectivity index (χ0) is 7.49. The Balaban J connectivity index is 3.86.